The fraction of sp³-hybridized carbons (Fsp3) is 0.233. The van der Waals surface area contributed by atoms with Crippen molar-refractivity contribution < 1.29 is 22.7 Å². The first-order chi connectivity index (χ1) is 20.3. The Morgan fingerprint density at radius 1 is 1.02 bits per heavy atom. The Labute approximate surface area is 238 Å². The molecule has 2 N–H and O–H groups in total. The second-order valence-corrected chi connectivity index (χ2v) is 9.95. The van der Waals surface area contributed by atoms with Gasteiger partial charge in [0.2, 0.25) is 0 Å². The summed E-state index contributed by atoms with van der Waals surface area (Å²) >= 11 is 0. The first kappa shape index (κ1) is 27.3. The van der Waals surface area contributed by atoms with Crippen LogP contribution in [-0.2, 0) is 10.9 Å². The molecule has 1 aliphatic rings. The molecule has 0 saturated carbocycles. The van der Waals surface area contributed by atoms with Gasteiger partial charge in [0.15, 0.2) is 5.65 Å². The molecule has 1 saturated heterocycles. The number of amides is 1. The maximum atomic E-state index is 13.1. The van der Waals surface area contributed by atoms with Gasteiger partial charge in [-0.1, -0.05) is 12.1 Å². The molecule has 12 heteroatoms. The molecule has 2 aromatic carbocycles. The van der Waals surface area contributed by atoms with Crippen LogP contribution >= 0.6 is 0 Å². The molecule has 0 aliphatic carbocycles. The van der Waals surface area contributed by atoms with Gasteiger partial charge in [-0.25, -0.2) is 19.9 Å². The summed E-state index contributed by atoms with van der Waals surface area (Å²) in [5.74, 6) is -0.0638. The van der Waals surface area contributed by atoms with Crippen LogP contribution in [0.2, 0.25) is 0 Å². The lowest BCUT2D eigenvalue weighted by Gasteiger charge is -2.23. The molecule has 0 radical (unpaired) electrons. The highest BCUT2D eigenvalue weighted by molar-refractivity contribution is 6.05. The highest BCUT2D eigenvalue weighted by atomic mass is 19.4. The number of imidazole rings is 1. The van der Waals surface area contributed by atoms with Crippen LogP contribution in [-0.4, -0.2) is 37.0 Å². The van der Waals surface area contributed by atoms with Crippen molar-refractivity contribution in [2.75, 3.05) is 17.2 Å². The fourth-order valence-electron chi connectivity index (χ4n) is 4.90. The third kappa shape index (κ3) is 5.53. The maximum Gasteiger partial charge on any atom is 0.416 e. The molecule has 5 aromatic rings. The molecule has 6 rings (SSSR count). The van der Waals surface area contributed by atoms with Crippen LogP contribution in [0.3, 0.4) is 0 Å². The Morgan fingerprint density at radius 3 is 2.71 bits per heavy atom. The normalized spacial score (nSPS) is 15.5. The number of pyridine rings is 1. The number of nitrogens with one attached hydrogen (secondary N) is 2. The van der Waals surface area contributed by atoms with Crippen molar-refractivity contribution in [3.05, 3.63) is 90.1 Å². The van der Waals surface area contributed by atoms with E-state index < -0.39 is 17.6 Å². The van der Waals surface area contributed by atoms with Gasteiger partial charge in [-0.05, 0) is 74.2 Å². The van der Waals surface area contributed by atoms with Crippen LogP contribution in [0.25, 0.3) is 22.4 Å². The van der Waals surface area contributed by atoms with Gasteiger partial charge in [-0.15, -0.1) is 0 Å². The van der Waals surface area contributed by atoms with Gasteiger partial charge in [0.25, 0.3) is 5.91 Å². The minimum Gasteiger partial charge on any atom is -0.358 e. The molecule has 0 bridgehead atoms. The lowest BCUT2D eigenvalue weighted by Crippen LogP contribution is -2.17. The maximum absolute atomic E-state index is 13.1. The van der Waals surface area contributed by atoms with Crippen molar-refractivity contribution in [1.82, 2.24) is 24.5 Å². The monoisotopic (exact) mass is 573 g/mol. The molecular formula is C30H26F3N7O2. The van der Waals surface area contributed by atoms with E-state index in [1.807, 2.05) is 17.6 Å². The Balaban J connectivity index is 1.29. The number of carbonyl (C=O) groups is 1. The number of ether oxygens (including phenoxy) is 1. The minimum atomic E-state index is -4.51. The summed E-state index contributed by atoms with van der Waals surface area (Å²) in [6.07, 6.45) is 3.17. The van der Waals surface area contributed by atoms with Crippen LogP contribution in [0.4, 0.5) is 30.4 Å². The van der Waals surface area contributed by atoms with E-state index in [2.05, 4.69) is 30.6 Å². The first-order valence-corrected chi connectivity index (χ1v) is 13.4. The average Bonchev–Trinajstić information content (AvgIpc) is 3.43. The molecular weight excluding hydrogens is 547 g/mol. The van der Waals surface area contributed by atoms with Crippen LogP contribution in [0, 0.1) is 6.92 Å². The van der Waals surface area contributed by atoms with Gasteiger partial charge in [-0.3, -0.25) is 9.36 Å². The van der Waals surface area contributed by atoms with Gasteiger partial charge in [0, 0.05) is 35.3 Å². The number of hydrogen-bond acceptors (Lipinski definition) is 7. The summed E-state index contributed by atoms with van der Waals surface area (Å²) in [6, 6.07) is 13.2. The standard InChI is InChI=1S/C30H26F3N7O2/c1-18-10-11-19(29(41)38-21-7-4-6-20(15-21)30(31,32)33)14-23(18)39-27-22(8-5-12-34-27)25-26-28(36-16-35-25)40(17-37-26)24-9-2-3-13-42-24/h4-8,10-12,14-17,24H,2-3,9,13H2,1H3,(H,34,39)(H,38,41). The van der Waals surface area contributed by atoms with Crippen LogP contribution < -0.4 is 10.6 Å². The first-order valence-electron chi connectivity index (χ1n) is 13.4. The number of aromatic nitrogens is 5. The Morgan fingerprint density at radius 2 is 1.90 bits per heavy atom. The molecule has 1 amide bonds. The molecule has 1 aliphatic heterocycles. The molecule has 214 valence electrons. The summed E-state index contributed by atoms with van der Waals surface area (Å²) < 4.78 is 47.2. The predicted octanol–water partition coefficient (Wildman–Crippen LogP) is 6.91. The Bertz CT molecular complexity index is 1760. The van der Waals surface area contributed by atoms with E-state index in [9.17, 15) is 18.0 Å². The summed E-state index contributed by atoms with van der Waals surface area (Å²) in [6.45, 7) is 2.56. The number of fused-ring (bicyclic) bond motifs is 1. The third-order valence-electron chi connectivity index (χ3n) is 7.09. The van der Waals surface area contributed by atoms with Crippen molar-refractivity contribution in [3.8, 4) is 11.3 Å². The van der Waals surface area contributed by atoms with Gasteiger partial charge in [0.05, 0.1) is 11.9 Å². The van der Waals surface area contributed by atoms with Crippen LogP contribution in [0.15, 0.2) is 73.4 Å². The number of rotatable bonds is 6. The number of alkyl halides is 3. The average molecular weight is 574 g/mol. The summed E-state index contributed by atoms with van der Waals surface area (Å²) in [5, 5.41) is 5.85. The van der Waals surface area contributed by atoms with Crippen molar-refractivity contribution in [2.24, 2.45) is 0 Å². The number of hydrogen-bond donors (Lipinski definition) is 2. The largest absolute Gasteiger partial charge is 0.416 e. The van der Waals surface area contributed by atoms with Crippen molar-refractivity contribution in [1.29, 1.82) is 0 Å². The number of anilines is 3. The lowest BCUT2D eigenvalue weighted by atomic mass is 10.1. The minimum absolute atomic E-state index is 0.0442. The molecule has 1 fully saturated rings. The van der Waals surface area contributed by atoms with E-state index in [1.54, 1.807) is 36.8 Å². The van der Waals surface area contributed by atoms with Gasteiger partial charge in [-0.2, -0.15) is 13.2 Å². The van der Waals surface area contributed by atoms with E-state index in [4.69, 9.17) is 4.74 Å². The van der Waals surface area contributed by atoms with Crippen LogP contribution in [0.5, 0.6) is 0 Å². The van der Waals surface area contributed by atoms with Crippen molar-refractivity contribution in [3.63, 3.8) is 0 Å². The highest BCUT2D eigenvalue weighted by Gasteiger charge is 2.30. The van der Waals surface area contributed by atoms with Crippen molar-refractivity contribution in [2.45, 2.75) is 38.6 Å². The van der Waals surface area contributed by atoms with Gasteiger partial charge < -0.3 is 15.4 Å². The SMILES string of the molecule is Cc1ccc(C(=O)Nc2cccc(C(F)(F)F)c2)cc1Nc1ncccc1-c1ncnc2c1ncn2C1CCCCO1. The predicted molar refractivity (Wildman–Crippen MR) is 151 cm³/mol. The quantitative estimate of drug-likeness (QED) is 0.227. The van der Waals surface area contributed by atoms with Gasteiger partial charge in [0.1, 0.15) is 29.6 Å². The molecule has 1 unspecified atom stereocenters. The number of carbonyl (C=O) groups excluding carboxylic acids is 1. The zero-order valence-corrected chi connectivity index (χ0v) is 22.5. The highest BCUT2D eigenvalue weighted by Crippen LogP contribution is 2.34. The second kappa shape index (κ2) is 11.2. The fourth-order valence-corrected chi connectivity index (χ4v) is 4.90. The van der Waals surface area contributed by atoms with E-state index >= 15 is 0 Å². The Kier molecular flexibility index (Phi) is 7.29. The zero-order valence-electron chi connectivity index (χ0n) is 22.5. The smallest absolute Gasteiger partial charge is 0.358 e. The molecule has 9 nitrogen and oxygen atoms in total. The number of aryl methyl sites for hydroxylation is 1. The topological polar surface area (TPSA) is 107 Å². The molecule has 0 spiro atoms. The number of nitrogens with zero attached hydrogens (tertiary/aromatic N) is 5. The number of benzene rings is 2. The van der Waals surface area contributed by atoms with Crippen LogP contribution in [0.1, 0.15) is 47.0 Å². The lowest BCUT2D eigenvalue weighted by molar-refractivity contribution is -0.137. The molecule has 4 heterocycles. The van der Waals surface area contributed by atoms with Crippen molar-refractivity contribution >= 4 is 34.3 Å². The van der Waals surface area contributed by atoms with E-state index in [0.29, 0.717) is 40.5 Å². The van der Waals surface area contributed by atoms with E-state index in [-0.39, 0.29) is 17.5 Å². The van der Waals surface area contributed by atoms with Gasteiger partial charge >= 0.3 is 6.18 Å². The summed E-state index contributed by atoms with van der Waals surface area (Å²) in [5.41, 5.74) is 3.41. The van der Waals surface area contributed by atoms with E-state index in [1.165, 1.54) is 18.5 Å². The molecule has 42 heavy (non-hydrogen) atoms. The second-order valence-electron chi connectivity index (χ2n) is 9.95. The number of halogens is 3. The third-order valence-corrected chi connectivity index (χ3v) is 7.09. The van der Waals surface area contributed by atoms with E-state index in [0.717, 1.165) is 37.0 Å². The zero-order chi connectivity index (χ0) is 29.3. The Hall–Kier alpha value is -4.84. The summed E-state index contributed by atoms with van der Waals surface area (Å²) in [4.78, 5) is 31.1. The summed E-state index contributed by atoms with van der Waals surface area (Å²) in [7, 11) is 0. The molecule has 1 atom stereocenters. The molecule has 3 aromatic heterocycles.